The van der Waals surface area contributed by atoms with Crippen LogP contribution in [-0.2, 0) is 4.74 Å². The molecule has 0 spiro atoms. The summed E-state index contributed by atoms with van der Waals surface area (Å²) in [5.41, 5.74) is 0.616. The van der Waals surface area contributed by atoms with Gasteiger partial charge in [0.2, 0.25) is 0 Å². The average molecular weight is 285 g/mol. The Hall–Kier alpha value is -2.07. The Morgan fingerprint density at radius 2 is 2.00 bits per heavy atom. The molecule has 1 fully saturated rings. The van der Waals surface area contributed by atoms with Gasteiger partial charge >= 0.3 is 0 Å². The summed E-state index contributed by atoms with van der Waals surface area (Å²) in [7, 11) is 1.60. The Morgan fingerprint density at radius 3 is 2.67 bits per heavy atom. The number of fused-ring (bicyclic) bond motifs is 1. The summed E-state index contributed by atoms with van der Waals surface area (Å²) in [5, 5.41) is 2.12. The number of hydrogen-bond acceptors (Lipinski definition) is 3. The van der Waals surface area contributed by atoms with Gasteiger partial charge in [0.25, 0.3) is 5.91 Å². The van der Waals surface area contributed by atoms with Gasteiger partial charge in [-0.1, -0.05) is 24.3 Å². The first-order valence-electron chi connectivity index (χ1n) is 7.16. The van der Waals surface area contributed by atoms with E-state index in [1.165, 1.54) is 0 Å². The molecule has 0 radical (unpaired) electrons. The molecule has 0 N–H and O–H groups in total. The number of ether oxygens (including phenoxy) is 2. The van der Waals surface area contributed by atoms with E-state index in [9.17, 15) is 4.79 Å². The molecule has 4 heteroatoms. The minimum absolute atomic E-state index is 0.00718. The van der Waals surface area contributed by atoms with Crippen molar-refractivity contribution in [1.82, 2.24) is 4.90 Å². The van der Waals surface area contributed by atoms with E-state index in [1.54, 1.807) is 7.11 Å². The quantitative estimate of drug-likeness (QED) is 0.851. The van der Waals surface area contributed by atoms with E-state index in [-0.39, 0.29) is 12.0 Å². The summed E-state index contributed by atoms with van der Waals surface area (Å²) in [6, 6.07) is 11.8. The van der Waals surface area contributed by atoms with Gasteiger partial charge in [0.1, 0.15) is 5.75 Å². The minimum Gasteiger partial charge on any atom is -0.496 e. The van der Waals surface area contributed by atoms with Crippen molar-refractivity contribution in [1.29, 1.82) is 0 Å². The van der Waals surface area contributed by atoms with E-state index in [4.69, 9.17) is 9.47 Å². The van der Waals surface area contributed by atoms with Crippen LogP contribution in [0.25, 0.3) is 10.8 Å². The number of benzene rings is 2. The first-order chi connectivity index (χ1) is 10.2. The van der Waals surface area contributed by atoms with E-state index in [1.807, 2.05) is 48.2 Å². The zero-order chi connectivity index (χ0) is 14.8. The fourth-order valence-electron chi connectivity index (χ4n) is 2.73. The summed E-state index contributed by atoms with van der Waals surface area (Å²) in [6.45, 7) is 3.81. The van der Waals surface area contributed by atoms with Crippen LogP contribution in [0.3, 0.4) is 0 Å². The monoisotopic (exact) mass is 285 g/mol. The van der Waals surface area contributed by atoms with Crippen LogP contribution in [0.5, 0.6) is 5.75 Å². The molecule has 0 aromatic heterocycles. The molecular weight excluding hydrogens is 266 g/mol. The summed E-state index contributed by atoms with van der Waals surface area (Å²) in [6.07, 6.45) is 0.0779. The molecule has 1 heterocycles. The van der Waals surface area contributed by atoms with Crippen LogP contribution in [0.1, 0.15) is 17.3 Å². The largest absolute Gasteiger partial charge is 0.496 e. The van der Waals surface area contributed by atoms with Crippen LogP contribution in [0.15, 0.2) is 36.4 Å². The van der Waals surface area contributed by atoms with Crippen molar-refractivity contribution < 1.29 is 14.3 Å². The highest BCUT2D eigenvalue weighted by atomic mass is 16.5. The first kappa shape index (κ1) is 13.9. The van der Waals surface area contributed by atoms with Gasteiger partial charge in [0.05, 0.1) is 25.4 Å². The predicted octanol–water partition coefficient (Wildman–Crippen LogP) is 2.71. The van der Waals surface area contributed by atoms with Gasteiger partial charge in [-0.2, -0.15) is 0 Å². The van der Waals surface area contributed by atoms with E-state index in [0.717, 1.165) is 10.8 Å². The normalized spacial score (nSPS) is 18.8. The number of nitrogens with zero attached hydrogens (tertiary/aromatic N) is 1. The molecule has 1 aliphatic rings. The van der Waals surface area contributed by atoms with Gasteiger partial charge in [0.15, 0.2) is 0 Å². The first-order valence-corrected chi connectivity index (χ1v) is 7.16. The third kappa shape index (κ3) is 2.72. The standard InChI is InChI=1S/C17H19NO3/c1-12-11-18(7-8-21-12)17(19)15-9-13-5-3-4-6-14(13)10-16(15)20-2/h3-6,9-10,12H,7-8,11H2,1-2H3. The number of rotatable bonds is 2. The highest BCUT2D eigenvalue weighted by Crippen LogP contribution is 2.27. The summed E-state index contributed by atoms with van der Waals surface area (Å²) in [5.74, 6) is 0.630. The average Bonchev–Trinajstić information content (AvgIpc) is 2.53. The Balaban J connectivity index is 1.99. The molecule has 1 aliphatic heterocycles. The van der Waals surface area contributed by atoms with Gasteiger partial charge in [-0.25, -0.2) is 0 Å². The molecule has 0 saturated carbocycles. The highest BCUT2D eigenvalue weighted by Gasteiger charge is 2.25. The number of carbonyl (C=O) groups is 1. The molecule has 1 saturated heterocycles. The van der Waals surface area contributed by atoms with E-state index in [2.05, 4.69) is 0 Å². The maximum Gasteiger partial charge on any atom is 0.257 e. The van der Waals surface area contributed by atoms with E-state index >= 15 is 0 Å². The van der Waals surface area contributed by atoms with Crippen molar-refractivity contribution in [3.05, 3.63) is 42.0 Å². The zero-order valence-corrected chi connectivity index (χ0v) is 12.3. The molecular formula is C17H19NO3. The van der Waals surface area contributed by atoms with Gasteiger partial charge in [-0.05, 0) is 29.8 Å². The number of amides is 1. The summed E-state index contributed by atoms with van der Waals surface area (Å²) in [4.78, 5) is 14.6. The molecule has 1 amide bonds. The van der Waals surface area contributed by atoms with Crippen LogP contribution < -0.4 is 4.74 Å². The van der Waals surface area contributed by atoms with E-state index < -0.39 is 0 Å². The van der Waals surface area contributed by atoms with Crippen molar-refractivity contribution in [2.24, 2.45) is 0 Å². The fourth-order valence-corrected chi connectivity index (χ4v) is 2.73. The Labute approximate surface area is 124 Å². The summed E-state index contributed by atoms with van der Waals surface area (Å²) < 4.78 is 10.9. The molecule has 1 unspecified atom stereocenters. The van der Waals surface area contributed by atoms with Crippen molar-refractivity contribution >= 4 is 16.7 Å². The topological polar surface area (TPSA) is 38.8 Å². The van der Waals surface area contributed by atoms with Gasteiger partial charge in [-0.3, -0.25) is 4.79 Å². The second-order valence-corrected chi connectivity index (χ2v) is 5.33. The van der Waals surface area contributed by atoms with Crippen molar-refractivity contribution in [2.45, 2.75) is 13.0 Å². The molecule has 2 aromatic carbocycles. The van der Waals surface area contributed by atoms with Gasteiger partial charge in [-0.15, -0.1) is 0 Å². The van der Waals surface area contributed by atoms with Gasteiger partial charge < -0.3 is 14.4 Å². The number of methoxy groups -OCH3 is 1. The molecule has 110 valence electrons. The maximum atomic E-state index is 12.8. The number of hydrogen-bond donors (Lipinski definition) is 0. The summed E-state index contributed by atoms with van der Waals surface area (Å²) >= 11 is 0. The van der Waals surface area contributed by atoms with Crippen LogP contribution in [-0.4, -0.2) is 43.7 Å². The Bertz CT molecular complexity index is 668. The molecule has 3 rings (SSSR count). The van der Waals surface area contributed by atoms with Crippen LogP contribution in [0.4, 0.5) is 0 Å². The SMILES string of the molecule is COc1cc2ccccc2cc1C(=O)N1CCOC(C)C1. The predicted molar refractivity (Wildman–Crippen MR) is 81.8 cm³/mol. The zero-order valence-electron chi connectivity index (χ0n) is 12.3. The molecule has 0 aliphatic carbocycles. The van der Waals surface area contributed by atoms with Crippen molar-refractivity contribution in [3.8, 4) is 5.75 Å². The minimum atomic E-state index is 0.00718. The fraction of sp³-hybridized carbons (Fsp3) is 0.353. The second kappa shape index (κ2) is 5.74. The Morgan fingerprint density at radius 1 is 1.29 bits per heavy atom. The lowest BCUT2D eigenvalue weighted by atomic mass is 10.0. The molecule has 2 aromatic rings. The third-order valence-electron chi connectivity index (χ3n) is 3.83. The van der Waals surface area contributed by atoms with Crippen molar-refractivity contribution in [2.75, 3.05) is 26.8 Å². The highest BCUT2D eigenvalue weighted by molar-refractivity contribution is 6.01. The molecule has 4 nitrogen and oxygen atoms in total. The smallest absolute Gasteiger partial charge is 0.257 e. The lowest BCUT2D eigenvalue weighted by Gasteiger charge is -2.31. The van der Waals surface area contributed by atoms with Crippen LogP contribution >= 0.6 is 0 Å². The molecule has 1 atom stereocenters. The number of carbonyl (C=O) groups excluding carboxylic acids is 1. The van der Waals surface area contributed by atoms with Gasteiger partial charge in [0, 0.05) is 13.1 Å². The number of morpholine rings is 1. The molecule has 0 bridgehead atoms. The molecule has 21 heavy (non-hydrogen) atoms. The Kier molecular flexibility index (Phi) is 3.80. The maximum absolute atomic E-state index is 12.8. The van der Waals surface area contributed by atoms with Crippen LogP contribution in [0.2, 0.25) is 0 Å². The third-order valence-corrected chi connectivity index (χ3v) is 3.83. The lowest BCUT2D eigenvalue weighted by Crippen LogP contribution is -2.44. The van der Waals surface area contributed by atoms with Crippen molar-refractivity contribution in [3.63, 3.8) is 0 Å². The second-order valence-electron chi connectivity index (χ2n) is 5.33. The van der Waals surface area contributed by atoms with E-state index in [0.29, 0.717) is 31.0 Å². The van der Waals surface area contributed by atoms with Crippen LogP contribution in [0, 0.1) is 0 Å². The lowest BCUT2D eigenvalue weighted by molar-refractivity contribution is -0.0125.